The van der Waals surface area contributed by atoms with Gasteiger partial charge in [0.25, 0.3) is 0 Å². The molecule has 17 heavy (non-hydrogen) atoms. The zero-order valence-electron chi connectivity index (χ0n) is 10.9. The SMILES string of the molecule is CCOC1CCN(CC2CCC(CN)O2)CC1. The second-order valence-corrected chi connectivity index (χ2v) is 5.15. The number of ether oxygens (including phenoxy) is 2. The van der Waals surface area contributed by atoms with E-state index in [1.165, 1.54) is 19.3 Å². The molecule has 0 bridgehead atoms. The summed E-state index contributed by atoms with van der Waals surface area (Å²) in [4.78, 5) is 2.51. The van der Waals surface area contributed by atoms with Crippen molar-refractivity contribution in [1.82, 2.24) is 4.90 Å². The largest absolute Gasteiger partial charge is 0.378 e. The Hall–Kier alpha value is -0.160. The molecule has 0 aromatic rings. The second-order valence-electron chi connectivity index (χ2n) is 5.15. The molecular weight excluding hydrogens is 216 g/mol. The molecule has 2 atom stereocenters. The van der Waals surface area contributed by atoms with Crippen LogP contribution in [0.4, 0.5) is 0 Å². The molecule has 2 heterocycles. The Labute approximate surface area is 104 Å². The van der Waals surface area contributed by atoms with Crippen molar-refractivity contribution in [2.24, 2.45) is 5.73 Å². The monoisotopic (exact) mass is 242 g/mol. The molecule has 0 saturated carbocycles. The number of hydrogen-bond acceptors (Lipinski definition) is 4. The van der Waals surface area contributed by atoms with Crippen LogP contribution in [0.15, 0.2) is 0 Å². The van der Waals surface area contributed by atoms with Crippen LogP contribution in [0.25, 0.3) is 0 Å². The molecule has 2 rings (SSSR count). The first-order valence-electron chi connectivity index (χ1n) is 7.01. The lowest BCUT2D eigenvalue weighted by Gasteiger charge is -2.33. The highest BCUT2D eigenvalue weighted by molar-refractivity contribution is 4.80. The van der Waals surface area contributed by atoms with Gasteiger partial charge < -0.3 is 20.1 Å². The standard InChI is InChI=1S/C13H26N2O2/c1-2-16-11-5-7-15(8-6-11)10-13-4-3-12(9-14)17-13/h11-13H,2-10,14H2,1H3. The van der Waals surface area contributed by atoms with Gasteiger partial charge in [0, 0.05) is 32.8 Å². The van der Waals surface area contributed by atoms with Crippen LogP contribution < -0.4 is 5.73 Å². The van der Waals surface area contributed by atoms with Gasteiger partial charge in [-0.15, -0.1) is 0 Å². The number of nitrogens with zero attached hydrogens (tertiary/aromatic N) is 1. The maximum Gasteiger partial charge on any atom is 0.0707 e. The summed E-state index contributed by atoms with van der Waals surface area (Å²) in [6.45, 7) is 6.97. The van der Waals surface area contributed by atoms with E-state index in [1.54, 1.807) is 0 Å². The van der Waals surface area contributed by atoms with Crippen molar-refractivity contribution in [2.45, 2.75) is 50.9 Å². The van der Waals surface area contributed by atoms with Crippen molar-refractivity contribution < 1.29 is 9.47 Å². The van der Waals surface area contributed by atoms with Crippen LogP contribution >= 0.6 is 0 Å². The summed E-state index contributed by atoms with van der Waals surface area (Å²) < 4.78 is 11.6. The molecule has 2 saturated heterocycles. The number of hydrogen-bond donors (Lipinski definition) is 1. The molecule has 0 radical (unpaired) electrons. The molecule has 0 aromatic heterocycles. The fourth-order valence-corrected chi connectivity index (χ4v) is 2.87. The summed E-state index contributed by atoms with van der Waals surface area (Å²) in [6.07, 6.45) is 5.84. The van der Waals surface area contributed by atoms with E-state index in [9.17, 15) is 0 Å². The summed E-state index contributed by atoms with van der Waals surface area (Å²) in [7, 11) is 0. The zero-order valence-corrected chi connectivity index (χ0v) is 10.9. The summed E-state index contributed by atoms with van der Waals surface area (Å²) in [6, 6.07) is 0. The Balaban J connectivity index is 1.65. The molecule has 2 unspecified atom stereocenters. The van der Waals surface area contributed by atoms with Crippen molar-refractivity contribution >= 4 is 0 Å². The smallest absolute Gasteiger partial charge is 0.0707 e. The van der Waals surface area contributed by atoms with Crippen LogP contribution in [0, 0.1) is 0 Å². The van der Waals surface area contributed by atoms with E-state index in [4.69, 9.17) is 15.2 Å². The van der Waals surface area contributed by atoms with Gasteiger partial charge in [0.15, 0.2) is 0 Å². The van der Waals surface area contributed by atoms with Crippen molar-refractivity contribution in [1.29, 1.82) is 0 Å². The topological polar surface area (TPSA) is 47.7 Å². The van der Waals surface area contributed by atoms with Gasteiger partial charge in [-0.25, -0.2) is 0 Å². The van der Waals surface area contributed by atoms with Gasteiger partial charge in [-0.1, -0.05) is 0 Å². The number of likely N-dealkylation sites (tertiary alicyclic amines) is 1. The maximum absolute atomic E-state index is 5.89. The van der Waals surface area contributed by atoms with Gasteiger partial charge in [0.1, 0.15) is 0 Å². The van der Waals surface area contributed by atoms with Crippen LogP contribution in [0.2, 0.25) is 0 Å². The van der Waals surface area contributed by atoms with Crippen molar-refractivity contribution in [2.75, 3.05) is 32.8 Å². The third-order valence-electron chi connectivity index (χ3n) is 3.86. The van der Waals surface area contributed by atoms with Gasteiger partial charge >= 0.3 is 0 Å². The second kappa shape index (κ2) is 6.69. The Bertz CT molecular complexity index is 217. The predicted octanol–water partition coefficient (Wildman–Crippen LogP) is 0.994. The minimum absolute atomic E-state index is 0.306. The third-order valence-corrected chi connectivity index (χ3v) is 3.86. The average Bonchev–Trinajstić information content (AvgIpc) is 2.80. The van der Waals surface area contributed by atoms with Crippen LogP contribution in [-0.4, -0.2) is 56.0 Å². The van der Waals surface area contributed by atoms with E-state index >= 15 is 0 Å². The Morgan fingerprint density at radius 1 is 1.18 bits per heavy atom. The summed E-state index contributed by atoms with van der Waals surface area (Å²) in [5, 5.41) is 0. The van der Waals surface area contributed by atoms with Crippen LogP contribution in [0.3, 0.4) is 0 Å². The van der Waals surface area contributed by atoms with Crippen LogP contribution in [0.1, 0.15) is 32.6 Å². The Kier molecular flexibility index (Phi) is 5.22. The average molecular weight is 242 g/mol. The minimum atomic E-state index is 0.306. The molecule has 0 aromatic carbocycles. The first kappa shape index (κ1) is 13.3. The molecule has 100 valence electrons. The lowest BCUT2D eigenvalue weighted by atomic mass is 10.1. The summed E-state index contributed by atoms with van der Waals surface area (Å²) in [5.74, 6) is 0. The highest BCUT2D eigenvalue weighted by atomic mass is 16.5. The van der Waals surface area contributed by atoms with E-state index in [0.717, 1.165) is 32.7 Å². The normalized spacial score (nSPS) is 32.1. The zero-order chi connectivity index (χ0) is 12.1. The van der Waals surface area contributed by atoms with Crippen molar-refractivity contribution in [3.63, 3.8) is 0 Å². The molecule has 4 heteroatoms. The highest BCUT2D eigenvalue weighted by Crippen LogP contribution is 2.21. The fourth-order valence-electron chi connectivity index (χ4n) is 2.87. The molecule has 0 spiro atoms. The van der Waals surface area contributed by atoms with E-state index in [-0.39, 0.29) is 0 Å². The van der Waals surface area contributed by atoms with Crippen LogP contribution in [-0.2, 0) is 9.47 Å². The highest BCUT2D eigenvalue weighted by Gasteiger charge is 2.27. The Morgan fingerprint density at radius 3 is 2.47 bits per heavy atom. The molecule has 2 N–H and O–H groups in total. The molecule has 2 fully saturated rings. The van der Waals surface area contributed by atoms with E-state index < -0.39 is 0 Å². The number of rotatable bonds is 5. The van der Waals surface area contributed by atoms with Crippen molar-refractivity contribution in [3.05, 3.63) is 0 Å². The molecule has 2 aliphatic heterocycles. The molecule has 0 amide bonds. The van der Waals surface area contributed by atoms with E-state index in [1.807, 2.05) is 0 Å². The number of nitrogens with two attached hydrogens (primary N) is 1. The fraction of sp³-hybridized carbons (Fsp3) is 1.00. The molecule has 2 aliphatic rings. The van der Waals surface area contributed by atoms with Gasteiger partial charge in [-0.2, -0.15) is 0 Å². The maximum atomic E-state index is 5.89. The minimum Gasteiger partial charge on any atom is -0.378 e. The summed E-state index contributed by atoms with van der Waals surface area (Å²) >= 11 is 0. The first-order valence-corrected chi connectivity index (χ1v) is 7.01. The van der Waals surface area contributed by atoms with Crippen molar-refractivity contribution in [3.8, 4) is 0 Å². The van der Waals surface area contributed by atoms with Gasteiger partial charge in [-0.05, 0) is 32.6 Å². The molecule has 0 aliphatic carbocycles. The number of piperidine rings is 1. The molecule has 4 nitrogen and oxygen atoms in total. The van der Waals surface area contributed by atoms with Gasteiger partial charge in [0.05, 0.1) is 18.3 Å². The first-order chi connectivity index (χ1) is 8.31. The van der Waals surface area contributed by atoms with E-state index in [2.05, 4.69) is 11.8 Å². The molecular formula is C13H26N2O2. The predicted molar refractivity (Wildman–Crippen MR) is 68.0 cm³/mol. The Morgan fingerprint density at radius 2 is 1.88 bits per heavy atom. The van der Waals surface area contributed by atoms with Gasteiger partial charge in [0.2, 0.25) is 0 Å². The third kappa shape index (κ3) is 3.91. The van der Waals surface area contributed by atoms with Crippen LogP contribution in [0.5, 0.6) is 0 Å². The lowest BCUT2D eigenvalue weighted by molar-refractivity contribution is -0.0108. The quantitative estimate of drug-likeness (QED) is 0.781. The van der Waals surface area contributed by atoms with Gasteiger partial charge in [-0.3, -0.25) is 0 Å². The lowest BCUT2D eigenvalue weighted by Crippen LogP contribution is -2.41. The van der Waals surface area contributed by atoms with E-state index in [0.29, 0.717) is 24.9 Å². The summed E-state index contributed by atoms with van der Waals surface area (Å²) in [5.41, 5.74) is 5.63.